The van der Waals surface area contributed by atoms with E-state index in [2.05, 4.69) is 15.4 Å². The van der Waals surface area contributed by atoms with E-state index in [1.807, 2.05) is 20.8 Å². The summed E-state index contributed by atoms with van der Waals surface area (Å²) in [4.78, 5) is 27.0. The Labute approximate surface area is 158 Å². The van der Waals surface area contributed by atoms with E-state index in [-0.39, 0.29) is 17.8 Å². The van der Waals surface area contributed by atoms with Crippen LogP contribution in [0.15, 0.2) is 16.8 Å². The topological polar surface area (TPSA) is 132 Å². The number of fused-ring (bicyclic) bond motifs is 1. The Bertz CT molecular complexity index is 758. The molecule has 0 unspecified atom stereocenters. The first kappa shape index (κ1) is 20.5. The number of rotatable bonds is 7. The molecule has 1 aliphatic rings. The molecule has 27 heavy (non-hydrogen) atoms. The van der Waals surface area contributed by atoms with Crippen molar-refractivity contribution in [3.63, 3.8) is 0 Å². The maximum absolute atomic E-state index is 11.5. The highest BCUT2D eigenvalue weighted by Gasteiger charge is 2.18. The lowest BCUT2D eigenvalue weighted by Gasteiger charge is -2.19. The Morgan fingerprint density at radius 2 is 2.07 bits per heavy atom. The zero-order valence-electron chi connectivity index (χ0n) is 16.0. The molecule has 0 aromatic carbocycles. The van der Waals surface area contributed by atoms with E-state index in [0.29, 0.717) is 24.5 Å². The van der Waals surface area contributed by atoms with Crippen LogP contribution in [0.4, 0.5) is 10.5 Å². The van der Waals surface area contributed by atoms with Crippen LogP contribution in [-0.4, -0.2) is 44.9 Å². The van der Waals surface area contributed by atoms with Gasteiger partial charge in [-0.15, -0.1) is 0 Å². The highest BCUT2D eigenvalue weighted by molar-refractivity contribution is 6.01. The van der Waals surface area contributed by atoms with Crippen LogP contribution in [0.5, 0.6) is 0 Å². The van der Waals surface area contributed by atoms with Crippen LogP contribution in [0.1, 0.15) is 52.1 Å². The summed E-state index contributed by atoms with van der Waals surface area (Å²) in [7, 11) is 0. The van der Waals surface area contributed by atoms with Crippen LogP contribution in [-0.2, 0) is 16.1 Å². The van der Waals surface area contributed by atoms with E-state index < -0.39 is 17.7 Å². The third-order valence-corrected chi connectivity index (χ3v) is 3.72. The lowest BCUT2D eigenvalue weighted by atomic mass is 10.1. The molecule has 0 fully saturated rings. The van der Waals surface area contributed by atoms with Gasteiger partial charge in [-0.2, -0.15) is 5.10 Å². The molecule has 0 atom stereocenters. The van der Waals surface area contributed by atoms with Gasteiger partial charge in [-0.25, -0.2) is 14.6 Å². The average Bonchev–Trinajstić information content (AvgIpc) is 2.82. The van der Waals surface area contributed by atoms with Crippen LogP contribution in [0.25, 0.3) is 6.08 Å². The fourth-order valence-corrected chi connectivity index (χ4v) is 2.55. The number of hydrogen-bond donors (Lipinski definition) is 3. The van der Waals surface area contributed by atoms with Crippen LogP contribution in [0.3, 0.4) is 0 Å². The Morgan fingerprint density at radius 3 is 2.74 bits per heavy atom. The van der Waals surface area contributed by atoms with Crippen LogP contribution in [0.2, 0.25) is 0 Å². The van der Waals surface area contributed by atoms with Gasteiger partial charge < -0.3 is 20.9 Å². The predicted molar refractivity (Wildman–Crippen MR) is 102 cm³/mol. The van der Waals surface area contributed by atoms with Crippen molar-refractivity contribution in [1.29, 1.82) is 0 Å². The second kappa shape index (κ2) is 8.70. The van der Waals surface area contributed by atoms with Gasteiger partial charge in [0.2, 0.25) is 0 Å². The van der Waals surface area contributed by atoms with Crippen LogP contribution in [0, 0.1) is 0 Å². The van der Waals surface area contributed by atoms with Gasteiger partial charge in [0.15, 0.2) is 0 Å². The van der Waals surface area contributed by atoms with E-state index in [9.17, 15) is 14.7 Å². The van der Waals surface area contributed by atoms with Gasteiger partial charge in [-0.3, -0.25) is 4.68 Å². The SMILES string of the molecule is CC(C)(C)OC(=O)NCCCCCn1cc2c(n1)C=C(C(=O)O)CC(N)=N2. The summed E-state index contributed by atoms with van der Waals surface area (Å²) in [6, 6.07) is 0. The highest BCUT2D eigenvalue weighted by Crippen LogP contribution is 2.25. The number of nitrogens with zero attached hydrogens (tertiary/aromatic N) is 3. The van der Waals surface area contributed by atoms with E-state index in [1.54, 1.807) is 10.9 Å². The van der Waals surface area contributed by atoms with Crippen molar-refractivity contribution in [2.45, 2.75) is 58.6 Å². The quantitative estimate of drug-likeness (QED) is 0.625. The molecule has 0 bridgehead atoms. The Morgan fingerprint density at radius 1 is 1.33 bits per heavy atom. The monoisotopic (exact) mass is 377 g/mol. The standard InChI is InChI=1S/C18H27N5O4/c1-18(2,3)27-17(26)20-7-5-4-6-8-23-11-14-13(22-23)9-12(16(24)25)10-15(19)21-14/h9,11H,4-8,10H2,1-3H3,(H2,19,21)(H,20,26)(H,24,25). The number of amidine groups is 1. The molecule has 9 heteroatoms. The molecule has 1 aliphatic heterocycles. The molecule has 9 nitrogen and oxygen atoms in total. The average molecular weight is 377 g/mol. The summed E-state index contributed by atoms with van der Waals surface area (Å²) >= 11 is 0. The van der Waals surface area contributed by atoms with Crippen molar-refractivity contribution in [3.05, 3.63) is 17.5 Å². The molecule has 4 N–H and O–H groups in total. The van der Waals surface area contributed by atoms with Crippen molar-refractivity contribution in [2.75, 3.05) is 6.54 Å². The number of carboxylic acids is 1. The second-order valence-electron chi connectivity index (χ2n) is 7.41. The number of aryl methyl sites for hydroxylation is 1. The summed E-state index contributed by atoms with van der Waals surface area (Å²) in [5.74, 6) is -0.761. The Balaban J connectivity index is 1.78. The molecule has 148 valence electrons. The summed E-state index contributed by atoms with van der Waals surface area (Å²) in [6.07, 6.45) is 5.58. The van der Waals surface area contributed by atoms with E-state index in [1.165, 1.54) is 6.08 Å². The van der Waals surface area contributed by atoms with Crippen molar-refractivity contribution in [1.82, 2.24) is 15.1 Å². The number of aromatic nitrogens is 2. The van der Waals surface area contributed by atoms with Gasteiger partial charge in [-0.1, -0.05) is 0 Å². The summed E-state index contributed by atoms with van der Waals surface area (Å²) < 4.78 is 6.91. The number of carbonyl (C=O) groups excluding carboxylic acids is 1. The minimum atomic E-state index is -1.02. The number of ether oxygens (including phenoxy) is 1. The minimum absolute atomic E-state index is 0.107. The molecule has 1 aromatic heterocycles. The molecule has 0 saturated carbocycles. The van der Waals surface area contributed by atoms with E-state index in [4.69, 9.17) is 10.5 Å². The predicted octanol–water partition coefficient (Wildman–Crippen LogP) is 2.44. The number of nitrogens with one attached hydrogen (secondary N) is 1. The number of aliphatic carboxylic acids is 1. The number of carbonyl (C=O) groups is 2. The number of carboxylic acid groups (broad SMARTS) is 1. The fraction of sp³-hybridized carbons (Fsp3) is 0.556. The maximum Gasteiger partial charge on any atom is 0.407 e. The van der Waals surface area contributed by atoms with Gasteiger partial charge in [0.05, 0.1) is 6.20 Å². The summed E-state index contributed by atoms with van der Waals surface area (Å²) in [5, 5.41) is 16.3. The fourth-order valence-electron chi connectivity index (χ4n) is 2.55. The number of unbranched alkanes of at least 4 members (excludes halogenated alkanes) is 2. The summed E-state index contributed by atoms with van der Waals surface area (Å²) in [5.41, 5.74) is 6.54. The van der Waals surface area contributed by atoms with Gasteiger partial charge in [0, 0.05) is 25.1 Å². The molecule has 1 amide bonds. The lowest BCUT2D eigenvalue weighted by Crippen LogP contribution is -2.33. The normalized spacial score (nSPS) is 13.9. The molecule has 0 saturated heterocycles. The third kappa shape index (κ3) is 6.76. The molecule has 2 rings (SSSR count). The first-order valence-corrected chi connectivity index (χ1v) is 8.95. The van der Waals surface area contributed by atoms with Gasteiger partial charge in [0.1, 0.15) is 22.8 Å². The first-order valence-electron chi connectivity index (χ1n) is 8.95. The number of nitrogens with two attached hydrogens (primary N) is 1. The van der Waals surface area contributed by atoms with Crippen LogP contribution < -0.4 is 11.1 Å². The van der Waals surface area contributed by atoms with Gasteiger partial charge in [-0.05, 0) is 46.1 Å². The smallest absolute Gasteiger partial charge is 0.407 e. The first-order chi connectivity index (χ1) is 12.6. The van der Waals surface area contributed by atoms with Crippen molar-refractivity contribution in [3.8, 4) is 0 Å². The molecule has 0 spiro atoms. The van der Waals surface area contributed by atoms with E-state index in [0.717, 1.165) is 19.3 Å². The van der Waals surface area contributed by atoms with Crippen molar-refractivity contribution < 1.29 is 19.4 Å². The maximum atomic E-state index is 11.5. The Kier molecular flexibility index (Phi) is 6.59. The van der Waals surface area contributed by atoms with Crippen molar-refractivity contribution >= 4 is 29.7 Å². The third-order valence-electron chi connectivity index (χ3n) is 3.72. The molecule has 2 heterocycles. The molecule has 0 radical (unpaired) electrons. The molecular weight excluding hydrogens is 350 g/mol. The van der Waals surface area contributed by atoms with Crippen molar-refractivity contribution in [2.24, 2.45) is 10.7 Å². The number of alkyl carbamates (subject to hydrolysis) is 1. The number of amides is 1. The number of aliphatic imine (C=N–C) groups is 1. The van der Waals surface area contributed by atoms with Gasteiger partial charge >= 0.3 is 12.1 Å². The largest absolute Gasteiger partial charge is 0.478 e. The number of hydrogen-bond acceptors (Lipinski definition) is 6. The highest BCUT2D eigenvalue weighted by atomic mass is 16.6. The molecular formula is C18H27N5O4. The lowest BCUT2D eigenvalue weighted by molar-refractivity contribution is -0.132. The zero-order chi connectivity index (χ0) is 20.0. The van der Waals surface area contributed by atoms with Crippen LogP contribution >= 0.6 is 0 Å². The minimum Gasteiger partial charge on any atom is -0.478 e. The zero-order valence-corrected chi connectivity index (χ0v) is 16.0. The van der Waals surface area contributed by atoms with Gasteiger partial charge in [0.25, 0.3) is 0 Å². The molecule has 1 aromatic rings. The van der Waals surface area contributed by atoms with E-state index >= 15 is 0 Å². The Hall–Kier alpha value is -2.84. The molecule has 0 aliphatic carbocycles. The summed E-state index contributed by atoms with van der Waals surface area (Å²) in [6.45, 7) is 6.70. The second-order valence-corrected chi connectivity index (χ2v) is 7.41.